The predicted octanol–water partition coefficient (Wildman–Crippen LogP) is 1.23. The maximum Gasteiger partial charge on any atom is 0.253 e. The summed E-state index contributed by atoms with van der Waals surface area (Å²) in [5.41, 5.74) is 0.887. The molecule has 0 bridgehead atoms. The van der Waals surface area contributed by atoms with Crippen LogP contribution < -0.4 is 4.31 Å². The fraction of sp³-hybridized carbons (Fsp3) is 0.316. The predicted molar refractivity (Wildman–Crippen MR) is 111 cm³/mol. The van der Waals surface area contributed by atoms with Crippen LogP contribution in [0.3, 0.4) is 0 Å². The molecule has 1 saturated heterocycles. The van der Waals surface area contributed by atoms with Crippen molar-refractivity contribution in [1.29, 1.82) is 0 Å². The topological polar surface area (TPSA) is 95.1 Å². The Balaban J connectivity index is 1.66. The number of nitrogens with zero attached hydrogens (tertiary/aromatic N) is 3. The minimum Gasteiger partial charge on any atom is -0.336 e. The Kier molecular flexibility index (Phi) is 5.97. The lowest BCUT2D eigenvalue weighted by atomic mass is 10.1. The normalized spacial score (nSPS) is 15.9. The Hall–Kier alpha value is -2.43. The van der Waals surface area contributed by atoms with Gasteiger partial charge in [-0.1, -0.05) is 18.2 Å². The van der Waals surface area contributed by atoms with Gasteiger partial charge in [0, 0.05) is 38.8 Å². The third-order valence-electron chi connectivity index (χ3n) is 4.88. The van der Waals surface area contributed by atoms with Gasteiger partial charge in [-0.15, -0.1) is 0 Å². The molecule has 0 aromatic heterocycles. The summed E-state index contributed by atoms with van der Waals surface area (Å²) in [5, 5.41) is 0. The van der Waals surface area contributed by atoms with Crippen LogP contribution in [0.2, 0.25) is 0 Å². The Morgan fingerprint density at radius 2 is 1.41 bits per heavy atom. The van der Waals surface area contributed by atoms with Gasteiger partial charge in [-0.3, -0.25) is 9.10 Å². The maximum absolute atomic E-state index is 12.7. The molecule has 0 saturated carbocycles. The molecule has 1 fully saturated rings. The fourth-order valence-electron chi connectivity index (χ4n) is 3.06. The highest BCUT2D eigenvalue weighted by Gasteiger charge is 2.30. The van der Waals surface area contributed by atoms with Gasteiger partial charge in [0.05, 0.1) is 16.8 Å². The zero-order chi connectivity index (χ0) is 21.2. The lowest BCUT2D eigenvalue weighted by Crippen LogP contribution is -2.50. The van der Waals surface area contributed by atoms with Crippen molar-refractivity contribution in [3.8, 4) is 0 Å². The first-order chi connectivity index (χ1) is 13.6. The van der Waals surface area contributed by atoms with Crippen molar-refractivity contribution in [2.24, 2.45) is 0 Å². The molecule has 2 aromatic rings. The Bertz CT molecular complexity index is 1080. The average molecular weight is 438 g/mol. The average Bonchev–Trinajstić information content (AvgIpc) is 2.73. The number of sulfonamides is 2. The molecule has 2 aromatic carbocycles. The van der Waals surface area contributed by atoms with E-state index in [-0.39, 0.29) is 37.0 Å². The second-order valence-electron chi connectivity index (χ2n) is 6.79. The van der Waals surface area contributed by atoms with E-state index in [4.69, 9.17) is 0 Å². The van der Waals surface area contributed by atoms with Crippen LogP contribution in [0.1, 0.15) is 10.4 Å². The number of hydrogen-bond donors (Lipinski definition) is 0. The van der Waals surface area contributed by atoms with Crippen molar-refractivity contribution in [2.75, 3.05) is 43.8 Å². The summed E-state index contributed by atoms with van der Waals surface area (Å²) in [6, 6.07) is 14.5. The van der Waals surface area contributed by atoms with Gasteiger partial charge in [0.2, 0.25) is 20.0 Å². The van der Waals surface area contributed by atoms with E-state index in [2.05, 4.69) is 0 Å². The van der Waals surface area contributed by atoms with Crippen molar-refractivity contribution < 1.29 is 21.6 Å². The fourth-order valence-corrected chi connectivity index (χ4v) is 5.01. The maximum atomic E-state index is 12.7. The molecular weight excluding hydrogens is 414 g/mol. The van der Waals surface area contributed by atoms with Gasteiger partial charge in [-0.2, -0.15) is 4.31 Å². The summed E-state index contributed by atoms with van der Waals surface area (Å²) < 4.78 is 51.1. The molecule has 0 radical (unpaired) electrons. The number of rotatable bonds is 5. The molecule has 156 valence electrons. The van der Waals surface area contributed by atoms with Crippen molar-refractivity contribution in [3.05, 3.63) is 60.2 Å². The third kappa shape index (κ3) is 4.60. The molecule has 0 aliphatic carbocycles. The molecule has 0 spiro atoms. The molecule has 1 aliphatic rings. The number of carbonyl (C=O) groups excluding carboxylic acids is 1. The van der Waals surface area contributed by atoms with E-state index >= 15 is 0 Å². The summed E-state index contributed by atoms with van der Waals surface area (Å²) in [7, 11) is -5.51. The summed E-state index contributed by atoms with van der Waals surface area (Å²) >= 11 is 0. The zero-order valence-corrected chi connectivity index (χ0v) is 17.9. The van der Waals surface area contributed by atoms with Crippen LogP contribution in [0.5, 0.6) is 0 Å². The summed E-state index contributed by atoms with van der Waals surface area (Å²) in [4.78, 5) is 14.6. The molecule has 10 heteroatoms. The van der Waals surface area contributed by atoms with Crippen LogP contribution in [0.4, 0.5) is 5.69 Å². The second-order valence-corrected chi connectivity index (χ2v) is 10.7. The van der Waals surface area contributed by atoms with Crippen LogP contribution in [0, 0.1) is 0 Å². The van der Waals surface area contributed by atoms with Gasteiger partial charge in [0.25, 0.3) is 5.91 Å². The second kappa shape index (κ2) is 8.13. The van der Waals surface area contributed by atoms with Crippen molar-refractivity contribution >= 4 is 31.6 Å². The van der Waals surface area contributed by atoms with E-state index in [1.165, 1.54) is 11.4 Å². The van der Waals surface area contributed by atoms with E-state index in [9.17, 15) is 21.6 Å². The smallest absolute Gasteiger partial charge is 0.253 e. The first kappa shape index (κ1) is 21.3. The van der Waals surface area contributed by atoms with Crippen molar-refractivity contribution in [3.63, 3.8) is 0 Å². The van der Waals surface area contributed by atoms with Crippen molar-refractivity contribution in [1.82, 2.24) is 9.21 Å². The molecule has 1 aliphatic heterocycles. The van der Waals surface area contributed by atoms with Gasteiger partial charge < -0.3 is 4.90 Å². The molecule has 29 heavy (non-hydrogen) atoms. The lowest BCUT2D eigenvalue weighted by molar-refractivity contribution is 0.0698. The molecule has 0 unspecified atom stereocenters. The standard InChI is InChI=1S/C19H23N3O5S2/c1-20(28(2,24)25)17-10-8-16(9-11-17)19(23)21-12-14-22(15-13-21)29(26,27)18-6-4-3-5-7-18/h3-11H,12-15H2,1-2H3. The largest absolute Gasteiger partial charge is 0.336 e. The number of anilines is 1. The minimum absolute atomic E-state index is 0.213. The zero-order valence-electron chi connectivity index (χ0n) is 16.2. The molecule has 1 amide bonds. The van der Waals surface area contributed by atoms with E-state index < -0.39 is 20.0 Å². The minimum atomic E-state index is -3.57. The Morgan fingerprint density at radius 3 is 1.93 bits per heavy atom. The summed E-state index contributed by atoms with van der Waals surface area (Å²) in [6.07, 6.45) is 1.11. The Morgan fingerprint density at radius 1 is 0.862 bits per heavy atom. The van der Waals surface area contributed by atoms with Crippen LogP contribution >= 0.6 is 0 Å². The van der Waals surface area contributed by atoms with E-state index in [1.807, 2.05) is 0 Å². The first-order valence-corrected chi connectivity index (χ1v) is 12.3. The van der Waals surface area contributed by atoms with Gasteiger partial charge in [-0.05, 0) is 36.4 Å². The van der Waals surface area contributed by atoms with Gasteiger partial charge >= 0.3 is 0 Å². The highest BCUT2D eigenvalue weighted by molar-refractivity contribution is 7.92. The van der Waals surface area contributed by atoms with Gasteiger partial charge in [-0.25, -0.2) is 16.8 Å². The van der Waals surface area contributed by atoms with Crippen LogP contribution in [-0.2, 0) is 20.0 Å². The van der Waals surface area contributed by atoms with Crippen LogP contribution in [0.15, 0.2) is 59.5 Å². The van der Waals surface area contributed by atoms with Crippen molar-refractivity contribution in [2.45, 2.75) is 4.90 Å². The SMILES string of the molecule is CN(c1ccc(C(=O)N2CCN(S(=O)(=O)c3ccccc3)CC2)cc1)S(C)(=O)=O. The highest BCUT2D eigenvalue weighted by atomic mass is 32.2. The number of piperazine rings is 1. The monoisotopic (exact) mass is 437 g/mol. The molecule has 3 rings (SSSR count). The first-order valence-electron chi connectivity index (χ1n) is 8.99. The number of amides is 1. The quantitative estimate of drug-likeness (QED) is 0.701. The molecule has 0 atom stereocenters. The lowest BCUT2D eigenvalue weighted by Gasteiger charge is -2.34. The van der Waals surface area contributed by atoms with Crippen LogP contribution in [0.25, 0.3) is 0 Å². The number of hydrogen-bond acceptors (Lipinski definition) is 5. The summed E-state index contributed by atoms with van der Waals surface area (Å²) in [5.74, 6) is -0.213. The van der Waals surface area contributed by atoms with E-state index in [0.717, 1.165) is 10.6 Å². The van der Waals surface area contributed by atoms with Gasteiger partial charge in [0.15, 0.2) is 0 Å². The summed E-state index contributed by atoms with van der Waals surface area (Å²) in [6.45, 7) is 1.02. The van der Waals surface area contributed by atoms with Gasteiger partial charge in [0.1, 0.15) is 0 Å². The van der Waals surface area contributed by atoms with Crippen LogP contribution in [-0.4, -0.2) is 71.4 Å². The van der Waals surface area contributed by atoms with E-state index in [0.29, 0.717) is 11.3 Å². The molecular formula is C19H23N3O5S2. The Labute approximate surface area is 171 Å². The highest BCUT2D eigenvalue weighted by Crippen LogP contribution is 2.20. The molecule has 8 nitrogen and oxygen atoms in total. The molecule has 1 heterocycles. The third-order valence-corrected chi connectivity index (χ3v) is 8.00. The number of carbonyl (C=O) groups is 1. The molecule has 0 N–H and O–H groups in total. The number of benzene rings is 2. The van der Waals surface area contributed by atoms with E-state index in [1.54, 1.807) is 59.5 Å².